The standard InChI is InChI=1S/C6H7N5OS/c1-9-5-3(2-7)10-6(13-5)4(12)11-8/h2,7H,1,8H2,(H,11,12). The maximum atomic E-state index is 11.0. The van der Waals surface area contributed by atoms with Crippen LogP contribution in [-0.2, 0) is 0 Å². The molecular formula is C6H7N5OS. The van der Waals surface area contributed by atoms with Gasteiger partial charge in [-0.3, -0.25) is 15.2 Å². The fourth-order valence-corrected chi connectivity index (χ4v) is 1.44. The minimum atomic E-state index is -0.497. The van der Waals surface area contributed by atoms with Crippen LogP contribution in [-0.4, -0.2) is 23.8 Å². The molecule has 0 aliphatic carbocycles. The number of hydrogen-bond acceptors (Lipinski definition) is 6. The van der Waals surface area contributed by atoms with Gasteiger partial charge in [-0.1, -0.05) is 11.3 Å². The molecular weight excluding hydrogens is 190 g/mol. The number of nitrogens with one attached hydrogen (secondary N) is 2. The molecule has 0 unspecified atom stereocenters. The van der Waals surface area contributed by atoms with Crippen molar-refractivity contribution in [3.05, 3.63) is 10.7 Å². The lowest BCUT2D eigenvalue weighted by molar-refractivity contribution is 0.0953. The maximum absolute atomic E-state index is 11.0. The number of carbonyl (C=O) groups is 1. The zero-order valence-corrected chi connectivity index (χ0v) is 7.39. The second-order valence-electron chi connectivity index (χ2n) is 1.99. The van der Waals surface area contributed by atoms with Crippen LogP contribution in [0.4, 0.5) is 5.00 Å². The fraction of sp³-hybridized carbons (Fsp3) is 0. The van der Waals surface area contributed by atoms with E-state index in [-0.39, 0.29) is 5.01 Å². The number of hydrazine groups is 1. The topological polar surface area (TPSA) is 104 Å². The Kier molecular flexibility index (Phi) is 2.83. The summed E-state index contributed by atoms with van der Waals surface area (Å²) in [6.45, 7) is 3.29. The van der Waals surface area contributed by atoms with Crippen LogP contribution >= 0.6 is 11.3 Å². The molecule has 1 aromatic heterocycles. The molecule has 0 aromatic carbocycles. The molecule has 1 amide bonds. The number of nitrogens with two attached hydrogens (primary N) is 1. The Morgan fingerprint density at radius 2 is 2.54 bits per heavy atom. The van der Waals surface area contributed by atoms with Crippen molar-refractivity contribution in [3.8, 4) is 0 Å². The van der Waals surface area contributed by atoms with E-state index in [1.54, 1.807) is 0 Å². The lowest BCUT2D eigenvalue weighted by Crippen LogP contribution is -2.29. The lowest BCUT2D eigenvalue weighted by atomic mass is 10.5. The van der Waals surface area contributed by atoms with E-state index in [4.69, 9.17) is 11.3 Å². The number of rotatable bonds is 3. The average Bonchev–Trinajstić information content (AvgIpc) is 2.59. The molecule has 0 aliphatic heterocycles. The van der Waals surface area contributed by atoms with Gasteiger partial charge in [-0.25, -0.2) is 10.8 Å². The van der Waals surface area contributed by atoms with Crippen LogP contribution in [0, 0.1) is 5.41 Å². The van der Waals surface area contributed by atoms with Crippen LogP contribution in [0.25, 0.3) is 0 Å². The highest BCUT2D eigenvalue weighted by molar-refractivity contribution is 7.17. The minimum Gasteiger partial charge on any atom is -0.306 e. The zero-order chi connectivity index (χ0) is 9.84. The molecule has 0 atom stereocenters. The molecule has 4 N–H and O–H groups in total. The summed E-state index contributed by atoms with van der Waals surface area (Å²) < 4.78 is 0. The van der Waals surface area contributed by atoms with Crippen LogP contribution in [0.15, 0.2) is 4.99 Å². The molecule has 0 fully saturated rings. The number of nitrogen functional groups attached to an aromatic ring is 1. The molecule has 0 radical (unpaired) electrons. The molecule has 0 spiro atoms. The number of thiazole rings is 1. The van der Waals surface area contributed by atoms with Crippen LogP contribution in [0.5, 0.6) is 0 Å². The number of carbonyl (C=O) groups excluding carboxylic acids is 1. The van der Waals surface area contributed by atoms with E-state index in [0.717, 1.165) is 17.6 Å². The van der Waals surface area contributed by atoms with Gasteiger partial charge in [-0.15, -0.1) is 0 Å². The summed E-state index contributed by atoms with van der Waals surface area (Å²) in [6.07, 6.45) is 1.01. The number of nitrogens with zero attached hydrogens (tertiary/aromatic N) is 2. The predicted molar refractivity (Wildman–Crippen MR) is 50.9 cm³/mol. The molecule has 0 saturated heterocycles. The highest BCUT2D eigenvalue weighted by Crippen LogP contribution is 2.25. The first kappa shape index (κ1) is 9.49. The van der Waals surface area contributed by atoms with Gasteiger partial charge in [0.15, 0.2) is 5.01 Å². The van der Waals surface area contributed by atoms with Crippen molar-refractivity contribution in [2.75, 3.05) is 0 Å². The maximum Gasteiger partial charge on any atom is 0.294 e. The van der Waals surface area contributed by atoms with Gasteiger partial charge < -0.3 is 5.41 Å². The first-order valence-corrected chi connectivity index (χ1v) is 4.03. The molecule has 1 aromatic rings. The molecule has 6 nitrogen and oxygen atoms in total. The van der Waals surface area contributed by atoms with E-state index in [1.165, 1.54) is 0 Å². The van der Waals surface area contributed by atoms with Crippen molar-refractivity contribution >= 4 is 35.2 Å². The fourth-order valence-electron chi connectivity index (χ4n) is 0.690. The van der Waals surface area contributed by atoms with Gasteiger partial charge in [0.25, 0.3) is 5.91 Å². The SMILES string of the molecule is C=Nc1sc(C(=O)NN)nc1C=N. The summed E-state index contributed by atoms with van der Waals surface area (Å²) in [5.41, 5.74) is 2.26. The van der Waals surface area contributed by atoms with E-state index in [9.17, 15) is 4.79 Å². The van der Waals surface area contributed by atoms with Crippen LogP contribution in [0.3, 0.4) is 0 Å². The van der Waals surface area contributed by atoms with E-state index in [0.29, 0.717) is 10.7 Å². The van der Waals surface area contributed by atoms with Gasteiger partial charge in [-0.2, -0.15) is 0 Å². The van der Waals surface area contributed by atoms with Crippen molar-refractivity contribution in [1.82, 2.24) is 10.4 Å². The second-order valence-corrected chi connectivity index (χ2v) is 2.96. The molecule has 0 aliphatic rings. The minimum absolute atomic E-state index is 0.170. The Morgan fingerprint density at radius 3 is 2.92 bits per heavy atom. The second kappa shape index (κ2) is 3.87. The van der Waals surface area contributed by atoms with Gasteiger partial charge in [0.1, 0.15) is 10.7 Å². The van der Waals surface area contributed by atoms with E-state index >= 15 is 0 Å². The largest absolute Gasteiger partial charge is 0.306 e. The third-order valence-corrected chi connectivity index (χ3v) is 2.24. The van der Waals surface area contributed by atoms with Crippen LogP contribution in [0.2, 0.25) is 0 Å². The van der Waals surface area contributed by atoms with Gasteiger partial charge in [0, 0.05) is 6.21 Å². The molecule has 68 valence electrons. The Balaban J connectivity index is 3.13. The number of aromatic nitrogens is 1. The van der Waals surface area contributed by atoms with Gasteiger partial charge in [-0.05, 0) is 6.72 Å². The summed E-state index contributed by atoms with van der Waals surface area (Å²) in [5, 5.41) is 7.58. The normalized spacial score (nSPS) is 9.31. The average molecular weight is 197 g/mol. The van der Waals surface area contributed by atoms with Gasteiger partial charge in [0.2, 0.25) is 0 Å². The Bertz CT molecular complexity index is 332. The Hall–Kier alpha value is -1.60. The lowest BCUT2D eigenvalue weighted by Gasteiger charge is -1.89. The molecule has 1 rings (SSSR count). The van der Waals surface area contributed by atoms with Crippen molar-refractivity contribution in [2.24, 2.45) is 10.8 Å². The van der Waals surface area contributed by atoms with Gasteiger partial charge in [0.05, 0.1) is 0 Å². The first-order valence-electron chi connectivity index (χ1n) is 3.22. The quantitative estimate of drug-likeness (QED) is 0.276. The number of aliphatic imine (C=N–C) groups is 1. The van der Waals surface area contributed by atoms with E-state index in [1.807, 2.05) is 5.43 Å². The summed E-state index contributed by atoms with van der Waals surface area (Å²) in [6, 6.07) is 0. The Labute approximate surface area is 78.0 Å². The highest BCUT2D eigenvalue weighted by Gasteiger charge is 2.13. The summed E-state index contributed by atoms with van der Waals surface area (Å²) in [5.74, 6) is 4.41. The molecule has 1 heterocycles. The van der Waals surface area contributed by atoms with Gasteiger partial charge >= 0.3 is 0 Å². The van der Waals surface area contributed by atoms with Crippen molar-refractivity contribution in [2.45, 2.75) is 0 Å². The van der Waals surface area contributed by atoms with E-state index in [2.05, 4.69) is 16.7 Å². The third-order valence-electron chi connectivity index (χ3n) is 1.24. The highest BCUT2D eigenvalue weighted by atomic mass is 32.1. The third kappa shape index (κ3) is 1.76. The molecule has 13 heavy (non-hydrogen) atoms. The zero-order valence-electron chi connectivity index (χ0n) is 6.57. The summed E-state index contributed by atoms with van der Waals surface area (Å²) >= 11 is 1.03. The molecule has 7 heteroatoms. The van der Waals surface area contributed by atoms with Crippen molar-refractivity contribution in [1.29, 1.82) is 5.41 Å². The predicted octanol–water partition coefficient (Wildman–Crippen LogP) is 0.0764. The summed E-state index contributed by atoms with van der Waals surface area (Å²) in [7, 11) is 0. The summed E-state index contributed by atoms with van der Waals surface area (Å²) in [4.78, 5) is 18.4. The number of hydrogen-bond donors (Lipinski definition) is 3. The van der Waals surface area contributed by atoms with E-state index < -0.39 is 5.91 Å². The Morgan fingerprint density at radius 1 is 1.85 bits per heavy atom. The molecule has 0 saturated carbocycles. The number of amides is 1. The van der Waals surface area contributed by atoms with Crippen LogP contribution in [0.1, 0.15) is 15.5 Å². The van der Waals surface area contributed by atoms with Crippen molar-refractivity contribution < 1.29 is 4.79 Å². The van der Waals surface area contributed by atoms with Crippen LogP contribution < -0.4 is 11.3 Å². The smallest absolute Gasteiger partial charge is 0.294 e. The molecule has 0 bridgehead atoms. The van der Waals surface area contributed by atoms with Crippen molar-refractivity contribution in [3.63, 3.8) is 0 Å². The first-order chi connectivity index (χ1) is 6.22. The monoisotopic (exact) mass is 197 g/mol.